The molecule has 18 heavy (non-hydrogen) atoms. The number of hydrogen-bond donors (Lipinski definition) is 2. The van der Waals surface area contributed by atoms with E-state index >= 15 is 0 Å². The fourth-order valence-electron chi connectivity index (χ4n) is 2.00. The molecule has 98 valence electrons. The third kappa shape index (κ3) is 2.69. The van der Waals surface area contributed by atoms with Crippen molar-refractivity contribution in [1.29, 1.82) is 0 Å². The second kappa shape index (κ2) is 5.20. The summed E-state index contributed by atoms with van der Waals surface area (Å²) in [6.45, 7) is 1.32. The molecule has 6 heteroatoms. The van der Waals surface area contributed by atoms with Crippen LogP contribution < -0.4 is 11.1 Å². The quantitative estimate of drug-likeness (QED) is 0.806. The maximum Gasteiger partial charge on any atom is 0.241 e. The largest absolute Gasteiger partial charge is 0.399 e. The number of halogens is 2. The first-order chi connectivity index (χ1) is 8.58. The van der Waals surface area contributed by atoms with Crippen LogP contribution in [0.1, 0.15) is 12.8 Å². The summed E-state index contributed by atoms with van der Waals surface area (Å²) in [4.78, 5) is 13.4. The molecule has 1 amide bonds. The van der Waals surface area contributed by atoms with Gasteiger partial charge in [0.15, 0.2) is 11.6 Å². The van der Waals surface area contributed by atoms with Crippen LogP contribution in [-0.4, -0.2) is 30.4 Å². The van der Waals surface area contributed by atoms with Crippen molar-refractivity contribution in [1.82, 2.24) is 4.90 Å². The van der Waals surface area contributed by atoms with Gasteiger partial charge >= 0.3 is 0 Å². The van der Waals surface area contributed by atoms with Gasteiger partial charge in [0.2, 0.25) is 5.91 Å². The summed E-state index contributed by atoms with van der Waals surface area (Å²) < 4.78 is 26.9. The van der Waals surface area contributed by atoms with Gasteiger partial charge in [-0.3, -0.25) is 4.79 Å². The Hall–Kier alpha value is -1.85. The zero-order chi connectivity index (χ0) is 13.1. The minimum Gasteiger partial charge on any atom is -0.399 e. The van der Waals surface area contributed by atoms with Crippen LogP contribution >= 0.6 is 0 Å². The molecular weight excluding hydrogens is 240 g/mol. The van der Waals surface area contributed by atoms with Gasteiger partial charge in [-0.25, -0.2) is 8.78 Å². The number of amides is 1. The van der Waals surface area contributed by atoms with Gasteiger partial charge in [-0.15, -0.1) is 0 Å². The Bertz CT molecular complexity index is 436. The molecule has 1 aliphatic heterocycles. The molecule has 1 aromatic carbocycles. The number of rotatable bonds is 3. The predicted molar refractivity (Wildman–Crippen MR) is 65.1 cm³/mol. The highest BCUT2D eigenvalue weighted by molar-refractivity contribution is 5.81. The molecule has 1 aromatic rings. The van der Waals surface area contributed by atoms with Crippen LogP contribution in [-0.2, 0) is 4.79 Å². The van der Waals surface area contributed by atoms with Gasteiger partial charge in [-0.05, 0) is 25.0 Å². The third-order valence-electron chi connectivity index (χ3n) is 2.94. The second-order valence-electron chi connectivity index (χ2n) is 4.30. The van der Waals surface area contributed by atoms with Gasteiger partial charge in [0.05, 0.1) is 6.54 Å². The lowest BCUT2D eigenvalue weighted by atomic mass is 10.2. The first-order valence-corrected chi connectivity index (χ1v) is 5.84. The molecule has 0 unspecified atom stereocenters. The van der Waals surface area contributed by atoms with E-state index in [1.165, 1.54) is 0 Å². The van der Waals surface area contributed by atoms with Gasteiger partial charge in [0, 0.05) is 18.8 Å². The van der Waals surface area contributed by atoms with E-state index in [1.54, 1.807) is 4.90 Å². The lowest BCUT2D eigenvalue weighted by molar-refractivity contribution is -0.128. The van der Waals surface area contributed by atoms with Gasteiger partial charge in [-0.2, -0.15) is 0 Å². The number of nitrogens with two attached hydrogens (primary N) is 1. The minimum absolute atomic E-state index is 0.0152. The highest BCUT2D eigenvalue weighted by Crippen LogP contribution is 2.21. The van der Waals surface area contributed by atoms with Crippen molar-refractivity contribution in [2.24, 2.45) is 0 Å². The van der Waals surface area contributed by atoms with Gasteiger partial charge in [0.25, 0.3) is 0 Å². The first kappa shape index (κ1) is 12.6. The molecule has 0 aliphatic carbocycles. The fourth-order valence-corrected chi connectivity index (χ4v) is 2.00. The van der Waals surface area contributed by atoms with Crippen LogP contribution in [0.4, 0.5) is 20.2 Å². The van der Waals surface area contributed by atoms with Crippen LogP contribution in [0.3, 0.4) is 0 Å². The summed E-state index contributed by atoms with van der Waals surface area (Å²) in [5, 5.41) is 2.49. The molecule has 0 aromatic heterocycles. The van der Waals surface area contributed by atoms with E-state index in [4.69, 9.17) is 5.73 Å². The lowest BCUT2D eigenvalue weighted by Gasteiger charge is -2.16. The van der Waals surface area contributed by atoms with Gasteiger partial charge < -0.3 is 16.0 Å². The number of likely N-dealkylation sites (tertiary alicyclic amines) is 1. The van der Waals surface area contributed by atoms with Crippen molar-refractivity contribution in [3.63, 3.8) is 0 Å². The van der Waals surface area contributed by atoms with Crippen LogP contribution in [0.25, 0.3) is 0 Å². The van der Waals surface area contributed by atoms with E-state index in [2.05, 4.69) is 5.32 Å². The highest BCUT2D eigenvalue weighted by atomic mass is 19.1. The van der Waals surface area contributed by atoms with Gasteiger partial charge in [-0.1, -0.05) is 0 Å². The summed E-state index contributed by atoms with van der Waals surface area (Å²) in [6, 6.07) is 2.04. The summed E-state index contributed by atoms with van der Waals surface area (Å²) in [5.41, 5.74) is 5.01. The molecule has 1 heterocycles. The molecule has 2 rings (SSSR count). The monoisotopic (exact) mass is 255 g/mol. The Morgan fingerprint density at radius 2 is 1.83 bits per heavy atom. The Balaban J connectivity index is 1.99. The van der Waals surface area contributed by atoms with Crippen molar-refractivity contribution in [3.8, 4) is 0 Å². The Labute approximate surface area is 104 Å². The maximum atomic E-state index is 13.4. The zero-order valence-electron chi connectivity index (χ0n) is 9.88. The van der Waals surface area contributed by atoms with E-state index < -0.39 is 11.6 Å². The Morgan fingerprint density at radius 3 is 2.39 bits per heavy atom. The average Bonchev–Trinajstić information content (AvgIpc) is 2.80. The number of benzene rings is 1. The number of nitrogen functional groups attached to an aromatic ring is 1. The SMILES string of the molecule is Nc1cc(F)c(NCC(=O)N2CCCC2)c(F)c1. The number of carbonyl (C=O) groups excluding carboxylic acids is 1. The Morgan fingerprint density at radius 1 is 1.28 bits per heavy atom. The lowest BCUT2D eigenvalue weighted by Crippen LogP contribution is -2.33. The highest BCUT2D eigenvalue weighted by Gasteiger charge is 2.18. The van der Waals surface area contributed by atoms with Crippen LogP contribution in [0, 0.1) is 11.6 Å². The summed E-state index contributed by atoms with van der Waals surface area (Å²) in [7, 11) is 0. The van der Waals surface area contributed by atoms with Crippen molar-refractivity contribution in [2.45, 2.75) is 12.8 Å². The normalized spacial score (nSPS) is 14.9. The number of hydrogen-bond acceptors (Lipinski definition) is 3. The van der Waals surface area contributed by atoms with Crippen molar-refractivity contribution < 1.29 is 13.6 Å². The molecule has 0 radical (unpaired) electrons. The van der Waals surface area contributed by atoms with Crippen LogP contribution in [0.15, 0.2) is 12.1 Å². The third-order valence-corrected chi connectivity index (χ3v) is 2.94. The molecule has 1 saturated heterocycles. The van der Waals surface area contributed by atoms with E-state index in [0.29, 0.717) is 13.1 Å². The molecular formula is C12H15F2N3O. The maximum absolute atomic E-state index is 13.4. The standard InChI is InChI=1S/C12H15F2N3O/c13-9-5-8(15)6-10(14)12(9)16-7-11(18)17-3-1-2-4-17/h5-6,16H,1-4,7,15H2. The molecule has 0 bridgehead atoms. The van der Waals surface area contributed by atoms with Crippen molar-refractivity contribution in [2.75, 3.05) is 30.7 Å². The predicted octanol–water partition coefficient (Wildman–Crippen LogP) is 1.58. The molecule has 1 aliphatic rings. The van der Waals surface area contributed by atoms with Crippen molar-refractivity contribution >= 4 is 17.3 Å². The Kier molecular flexibility index (Phi) is 3.64. The number of nitrogens with zero attached hydrogens (tertiary/aromatic N) is 1. The summed E-state index contributed by atoms with van der Waals surface area (Å²) >= 11 is 0. The molecule has 3 N–H and O–H groups in total. The summed E-state index contributed by atoms with van der Waals surface area (Å²) in [5.74, 6) is -1.73. The minimum atomic E-state index is -0.790. The van der Waals surface area contributed by atoms with E-state index in [-0.39, 0.29) is 23.8 Å². The number of anilines is 2. The molecule has 1 fully saturated rings. The van der Waals surface area contributed by atoms with Crippen LogP contribution in [0.2, 0.25) is 0 Å². The molecule has 4 nitrogen and oxygen atoms in total. The fraction of sp³-hybridized carbons (Fsp3) is 0.417. The van der Waals surface area contributed by atoms with Gasteiger partial charge in [0.1, 0.15) is 5.69 Å². The van der Waals surface area contributed by atoms with Crippen molar-refractivity contribution in [3.05, 3.63) is 23.8 Å². The summed E-state index contributed by atoms with van der Waals surface area (Å²) in [6.07, 6.45) is 1.96. The van der Waals surface area contributed by atoms with Crippen LogP contribution in [0.5, 0.6) is 0 Å². The van der Waals surface area contributed by atoms with E-state index in [1.807, 2.05) is 0 Å². The smallest absolute Gasteiger partial charge is 0.241 e. The molecule has 0 spiro atoms. The molecule has 0 saturated carbocycles. The second-order valence-corrected chi connectivity index (χ2v) is 4.30. The first-order valence-electron chi connectivity index (χ1n) is 5.84. The average molecular weight is 255 g/mol. The van der Waals surface area contributed by atoms with E-state index in [0.717, 1.165) is 25.0 Å². The number of nitrogens with one attached hydrogen (secondary N) is 1. The number of carbonyl (C=O) groups is 1. The molecule has 0 atom stereocenters. The topological polar surface area (TPSA) is 58.4 Å². The zero-order valence-corrected chi connectivity index (χ0v) is 9.88. The van der Waals surface area contributed by atoms with E-state index in [9.17, 15) is 13.6 Å².